The third-order valence-electron chi connectivity index (χ3n) is 3.27. The molecule has 2 rings (SSSR count). The summed E-state index contributed by atoms with van der Waals surface area (Å²) in [6.45, 7) is 5.87. The summed E-state index contributed by atoms with van der Waals surface area (Å²) in [5.74, 6) is 0.660. The first kappa shape index (κ1) is 10.7. The Labute approximate surface area is 91.4 Å². The van der Waals surface area contributed by atoms with Crippen molar-refractivity contribution in [1.82, 2.24) is 15.5 Å². The molecule has 0 spiro atoms. The first-order valence-electron chi connectivity index (χ1n) is 6.05. The van der Waals surface area contributed by atoms with Crippen molar-refractivity contribution in [2.75, 3.05) is 26.2 Å². The lowest BCUT2D eigenvalue weighted by molar-refractivity contribution is 0.239. The van der Waals surface area contributed by atoms with E-state index >= 15 is 0 Å². The van der Waals surface area contributed by atoms with E-state index in [-0.39, 0.29) is 6.03 Å². The highest BCUT2D eigenvalue weighted by Gasteiger charge is 2.34. The van der Waals surface area contributed by atoms with Crippen LogP contribution in [0.2, 0.25) is 0 Å². The summed E-state index contributed by atoms with van der Waals surface area (Å²) in [5, 5.41) is 5.68. The molecule has 4 nitrogen and oxygen atoms in total. The fraction of sp³-hybridized carbons (Fsp3) is 0.909. The van der Waals surface area contributed by atoms with Crippen molar-refractivity contribution in [3.8, 4) is 0 Å². The van der Waals surface area contributed by atoms with E-state index in [1.807, 2.05) is 6.92 Å². The molecule has 2 fully saturated rings. The molecular formula is C11H21N3O. The number of likely N-dealkylation sites (tertiary alicyclic amines) is 1. The van der Waals surface area contributed by atoms with Gasteiger partial charge in [0.1, 0.15) is 0 Å². The van der Waals surface area contributed by atoms with E-state index < -0.39 is 0 Å². The van der Waals surface area contributed by atoms with Crippen LogP contribution in [0.15, 0.2) is 0 Å². The summed E-state index contributed by atoms with van der Waals surface area (Å²) in [7, 11) is 0. The minimum absolute atomic E-state index is 0.0256. The van der Waals surface area contributed by atoms with Gasteiger partial charge in [-0.3, -0.25) is 0 Å². The molecule has 0 aromatic heterocycles. The number of carbonyl (C=O) groups excluding carboxylic acids is 1. The first-order valence-corrected chi connectivity index (χ1v) is 6.05. The number of hydrogen-bond acceptors (Lipinski definition) is 2. The molecule has 1 heterocycles. The van der Waals surface area contributed by atoms with E-state index in [4.69, 9.17) is 0 Å². The maximum Gasteiger partial charge on any atom is 0.314 e. The lowest BCUT2D eigenvalue weighted by Gasteiger charge is -2.15. The lowest BCUT2D eigenvalue weighted by Crippen LogP contribution is -2.38. The van der Waals surface area contributed by atoms with Crippen molar-refractivity contribution in [1.29, 1.82) is 0 Å². The molecule has 0 aromatic rings. The van der Waals surface area contributed by atoms with Gasteiger partial charge in [0.2, 0.25) is 0 Å². The van der Waals surface area contributed by atoms with Crippen LogP contribution in [0.4, 0.5) is 4.79 Å². The van der Waals surface area contributed by atoms with Crippen molar-refractivity contribution < 1.29 is 4.79 Å². The molecule has 1 saturated heterocycles. The van der Waals surface area contributed by atoms with Crippen molar-refractivity contribution >= 4 is 6.03 Å². The summed E-state index contributed by atoms with van der Waals surface area (Å²) in [4.78, 5) is 13.8. The van der Waals surface area contributed by atoms with Gasteiger partial charge in [0.25, 0.3) is 0 Å². The van der Waals surface area contributed by atoms with Crippen molar-refractivity contribution in [3.63, 3.8) is 0 Å². The van der Waals surface area contributed by atoms with Gasteiger partial charge in [-0.2, -0.15) is 0 Å². The molecular weight excluding hydrogens is 190 g/mol. The third-order valence-corrected chi connectivity index (χ3v) is 3.27. The van der Waals surface area contributed by atoms with Crippen molar-refractivity contribution in [2.45, 2.75) is 32.2 Å². The van der Waals surface area contributed by atoms with E-state index in [0.29, 0.717) is 12.5 Å². The molecule has 1 unspecified atom stereocenters. The van der Waals surface area contributed by atoms with Gasteiger partial charge >= 0.3 is 6.03 Å². The Morgan fingerprint density at radius 2 is 2.13 bits per heavy atom. The number of carbonyl (C=O) groups is 1. The van der Waals surface area contributed by atoms with Gasteiger partial charge in [-0.05, 0) is 38.6 Å². The van der Waals surface area contributed by atoms with E-state index in [9.17, 15) is 4.79 Å². The summed E-state index contributed by atoms with van der Waals surface area (Å²) >= 11 is 0. The minimum Gasteiger partial charge on any atom is -0.338 e. The molecule has 1 atom stereocenters. The van der Waals surface area contributed by atoms with Crippen molar-refractivity contribution in [2.24, 2.45) is 5.92 Å². The van der Waals surface area contributed by atoms with E-state index in [1.54, 1.807) is 0 Å². The Hall–Kier alpha value is -0.770. The zero-order valence-corrected chi connectivity index (χ0v) is 9.46. The second-order valence-electron chi connectivity index (χ2n) is 4.62. The smallest absolute Gasteiger partial charge is 0.314 e. The zero-order chi connectivity index (χ0) is 10.7. The minimum atomic E-state index is -0.0256. The fourth-order valence-electron chi connectivity index (χ4n) is 2.26. The normalized spacial score (nSPS) is 26.6. The number of amides is 2. The number of rotatable bonds is 4. The Morgan fingerprint density at radius 3 is 2.80 bits per heavy atom. The molecule has 15 heavy (non-hydrogen) atoms. The molecule has 1 aliphatic heterocycles. The summed E-state index contributed by atoms with van der Waals surface area (Å²) in [6.07, 6.45) is 4.01. The summed E-state index contributed by atoms with van der Waals surface area (Å²) in [6, 6.07) is 0.849. The van der Waals surface area contributed by atoms with Crippen LogP contribution in [0.3, 0.4) is 0 Å². The standard InChI is InChI=1S/C11H21N3O/c1-2-12-11(15)13-7-9-5-6-14(8-9)10-3-4-10/h9-10H,2-8H2,1H3,(H2,12,13,15). The van der Waals surface area contributed by atoms with Gasteiger partial charge in [-0.25, -0.2) is 4.79 Å². The molecule has 4 heteroatoms. The Bertz CT molecular complexity index is 228. The van der Waals surface area contributed by atoms with E-state index in [0.717, 1.165) is 12.6 Å². The van der Waals surface area contributed by atoms with Crippen LogP contribution in [-0.2, 0) is 0 Å². The fourth-order valence-corrected chi connectivity index (χ4v) is 2.26. The van der Waals surface area contributed by atoms with Gasteiger partial charge < -0.3 is 15.5 Å². The number of nitrogens with one attached hydrogen (secondary N) is 2. The highest BCUT2D eigenvalue weighted by molar-refractivity contribution is 5.73. The zero-order valence-electron chi connectivity index (χ0n) is 9.46. The van der Waals surface area contributed by atoms with Gasteiger partial charge in [0.15, 0.2) is 0 Å². The largest absolute Gasteiger partial charge is 0.338 e. The SMILES string of the molecule is CCNC(=O)NCC1CCN(C2CC2)C1. The van der Waals surface area contributed by atoms with Gasteiger partial charge in [-0.1, -0.05) is 0 Å². The van der Waals surface area contributed by atoms with Crippen LogP contribution < -0.4 is 10.6 Å². The Balaban J connectivity index is 1.61. The van der Waals surface area contributed by atoms with Crippen molar-refractivity contribution in [3.05, 3.63) is 0 Å². The molecule has 2 amide bonds. The monoisotopic (exact) mass is 211 g/mol. The Kier molecular flexibility index (Phi) is 3.46. The maximum absolute atomic E-state index is 11.2. The van der Waals surface area contributed by atoms with Crippen LogP contribution in [-0.4, -0.2) is 43.2 Å². The number of nitrogens with zero attached hydrogens (tertiary/aromatic N) is 1. The second kappa shape index (κ2) is 4.84. The average molecular weight is 211 g/mol. The highest BCUT2D eigenvalue weighted by atomic mass is 16.2. The molecule has 1 saturated carbocycles. The quantitative estimate of drug-likeness (QED) is 0.722. The maximum atomic E-state index is 11.2. The third kappa shape index (κ3) is 3.09. The van der Waals surface area contributed by atoms with Gasteiger partial charge in [0, 0.05) is 25.7 Å². The molecule has 0 radical (unpaired) electrons. The number of hydrogen-bond donors (Lipinski definition) is 2. The summed E-state index contributed by atoms with van der Waals surface area (Å²) < 4.78 is 0. The van der Waals surface area contributed by atoms with Gasteiger partial charge in [-0.15, -0.1) is 0 Å². The predicted octanol–water partition coefficient (Wildman–Crippen LogP) is 0.790. The summed E-state index contributed by atoms with van der Waals surface area (Å²) in [5.41, 5.74) is 0. The van der Waals surface area contributed by atoms with Gasteiger partial charge in [0.05, 0.1) is 0 Å². The van der Waals surface area contributed by atoms with Crippen LogP contribution in [0, 0.1) is 5.92 Å². The predicted molar refractivity (Wildman–Crippen MR) is 59.8 cm³/mol. The molecule has 2 N–H and O–H groups in total. The molecule has 0 aromatic carbocycles. The highest BCUT2D eigenvalue weighted by Crippen LogP contribution is 2.31. The molecule has 0 bridgehead atoms. The van der Waals surface area contributed by atoms with Crippen LogP contribution in [0.5, 0.6) is 0 Å². The molecule has 1 aliphatic carbocycles. The number of urea groups is 1. The second-order valence-corrected chi connectivity index (χ2v) is 4.62. The molecule has 2 aliphatic rings. The Morgan fingerprint density at radius 1 is 1.33 bits per heavy atom. The lowest BCUT2D eigenvalue weighted by atomic mass is 10.1. The van der Waals surface area contributed by atoms with E-state index in [1.165, 1.54) is 32.4 Å². The topological polar surface area (TPSA) is 44.4 Å². The molecule has 86 valence electrons. The van der Waals surface area contributed by atoms with Crippen LogP contribution in [0.1, 0.15) is 26.2 Å². The van der Waals surface area contributed by atoms with Crippen LogP contribution in [0.25, 0.3) is 0 Å². The average Bonchev–Trinajstić information content (AvgIpc) is 2.96. The van der Waals surface area contributed by atoms with E-state index in [2.05, 4.69) is 15.5 Å². The van der Waals surface area contributed by atoms with Crippen LogP contribution >= 0.6 is 0 Å². The first-order chi connectivity index (χ1) is 7.29.